The van der Waals surface area contributed by atoms with E-state index in [2.05, 4.69) is 15.3 Å². The second-order valence-corrected chi connectivity index (χ2v) is 4.97. The first kappa shape index (κ1) is 15.0. The van der Waals surface area contributed by atoms with Gasteiger partial charge in [-0.1, -0.05) is 13.8 Å². The fourth-order valence-corrected chi connectivity index (χ4v) is 1.94. The maximum absolute atomic E-state index is 11.3. The summed E-state index contributed by atoms with van der Waals surface area (Å²) >= 11 is 0. The molecule has 1 atom stereocenters. The highest BCUT2D eigenvalue weighted by molar-refractivity contribution is 5.67. The number of carboxylic acid groups (broad SMARTS) is 1. The first-order chi connectivity index (χ1) is 8.90. The summed E-state index contributed by atoms with van der Waals surface area (Å²) in [6, 6.07) is 0. The third kappa shape index (κ3) is 4.99. The van der Waals surface area contributed by atoms with Crippen molar-refractivity contribution in [3.05, 3.63) is 16.7 Å². The highest BCUT2D eigenvalue weighted by Crippen LogP contribution is 2.17. The molecule has 0 aliphatic rings. The number of anilines is 2. The molecular formula is C12H20N4O3. The molecule has 0 spiro atoms. The summed E-state index contributed by atoms with van der Waals surface area (Å²) in [6.45, 7) is 4.49. The predicted molar refractivity (Wildman–Crippen MR) is 73.0 cm³/mol. The van der Waals surface area contributed by atoms with Crippen LogP contribution < -0.4 is 16.6 Å². The van der Waals surface area contributed by atoms with Crippen molar-refractivity contribution in [1.29, 1.82) is 0 Å². The van der Waals surface area contributed by atoms with E-state index >= 15 is 0 Å². The van der Waals surface area contributed by atoms with Gasteiger partial charge in [-0.2, -0.15) is 0 Å². The number of aromatic amines is 1. The molecule has 0 saturated heterocycles. The van der Waals surface area contributed by atoms with Gasteiger partial charge in [-0.25, -0.2) is 4.98 Å². The molecule has 0 radical (unpaired) electrons. The molecule has 1 heterocycles. The fraction of sp³-hybridized carbons (Fsp3) is 0.583. The smallest absolute Gasteiger partial charge is 0.303 e. The van der Waals surface area contributed by atoms with Crippen molar-refractivity contribution in [3.8, 4) is 0 Å². The second kappa shape index (κ2) is 6.77. The van der Waals surface area contributed by atoms with Crippen LogP contribution in [0.1, 0.15) is 26.7 Å². The second-order valence-electron chi connectivity index (χ2n) is 4.97. The van der Waals surface area contributed by atoms with Crippen LogP contribution in [0.25, 0.3) is 0 Å². The molecule has 1 rings (SSSR count). The summed E-state index contributed by atoms with van der Waals surface area (Å²) in [6.07, 6.45) is 2.12. The molecule has 1 aromatic rings. The van der Waals surface area contributed by atoms with Crippen molar-refractivity contribution in [2.75, 3.05) is 17.6 Å². The van der Waals surface area contributed by atoms with Gasteiger partial charge in [-0.15, -0.1) is 0 Å². The number of nitrogen functional groups attached to an aromatic ring is 1. The van der Waals surface area contributed by atoms with E-state index in [1.165, 1.54) is 6.33 Å². The van der Waals surface area contributed by atoms with Gasteiger partial charge in [-0.3, -0.25) is 9.59 Å². The lowest BCUT2D eigenvalue weighted by atomic mass is 9.94. The number of H-pyrrole nitrogens is 1. The lowest BCUT2D eigenvalue weighted by molar-refractivity contribution is -0.138. The lowest BCUT2D eigenvalue weighted by Gasteiger charge is -2.18. The van der Waals surface area contributed by atoms with E-state index in [9.17, 15) is 9.59 Å². The molecule has 5 N–H and O–H groups in total. The van der Waals surface area contributed by atoms with Crippen molar-refractivity contribution in [3.63, 3.8) is 0 Å². The van der Waals surface area contributed by atoms with Crippen LogP contribution >= 0.6 is 0 Å². The molecule has 0 amide bonds. The first-order valence-corrected chi connectivity index (χ1v) is 6.19. The molecule has 0 fully saturated rings. The van der Waals surface area contributed by atoms with Crippen molar-refractivity contribution in [2.24, 2.45) is 11.8 Å². The molecule has 1 aromatic heterocycles. The molecule has 0 saturated carbocycles. The number of aromatic nitrogens is 2. The number of hydrogen-bond donors (Lipinski definition) is 4. The van der Waals surface area contributed by atoms with Crippen LogP contribution in [0.3, 0.4) is 0 Å². The Balaban J connectivity index is 2.67. The predicted octanol–water partition coefficient (Wildman–Crippen LogP) is 0.901. The molecule has 19 heavy (non-hydrogen) atoms. The number of carboxylic acids is 1. The average molecular weight is 268 g/mol. The molecule has 7 heteroatoms. The highest BCUT2D eigenvalue weighted by Gasteiger charge is 2.16. The maximum atomic E-state index is 11.3. The van der Waals surface area contributed by atoms with E-state index < -0.39 is 11.5 Å². The van der Waals surface area contributed by atoms with Gasteiger partial charge in [0.2, 0.25) is 0 Å². The minimum atomic E-state index is -0.834. The number of hydrogen-bond acceptors (Lipinski definition) is 5. The Labute approximate surface area is 111 Å². The fourth-order valence-electron chi connectivity index (χ4n) is 1.94. The van der Waals surface area contributed by atoms with Crippen LogP contribution in [0.2, 0.25) is 0 Å². The summed E-state index contributed by atoms with van der Waals surface area (Å²) < 4.78 is 0. The molecular weight excluding hydrogens is 248 g/mol. The summed E-state index contributed by atoms with van der Waals surface area (Å²) in [5.41, 5.74) is 5.19. The normalized spacial score (nSPS) is 12.4. The largest absolute Gasteiger partial charge is 0.481 e. The number of rotatable bonds is 7. The van der Waals surface area contributed by atoms with Gasteiger partial charge in [0.05, 0.1) is 6.33 Å². The van der Waals surface area contributed by atoms with Gasteiger partial charge >= 0.3 is 5.97 Å². The standard InChI is InChI=1S/C12H20N4O3/c1-7(2)3-8(4-9(17)18)5-14-11-10(13)12(19)16-6-15-11/h6-8H,3-5,13H2,1-2H3,(H,17,18)(H2,14,15,16,19). The molecule has 1 unspecified atom stereocenters. The van der Waals surface area contributed by atoms with Crippen molar-refractivity contribution in [2.45, 2.75) is 26.7 Å². The minimum Gasteiger partial charge on any atom is -0.481 e. The minimum absolute atomic E-state index is 0.0149. The van der Waals surface area contributed by atoms with Gasteiger partial charge in [0.1, 0.15) is 5.69 Å². The molecule has 0 aromatic carbocycles. The van der Waals surface area contributed by atoms with Crippen LogP contribution in [0.5, 0.6) is 0 Å². The van der Waals surface area contributed by atoms with Crippen LogP contribution in [0.15, 0.2) is 11.1 Å². The van der Waals surface area contributed by atoms with E-state index in [0.29, 0.717) is 18.3 Å². The zero-order valence-electron chi connectivity index (χ0n) is 11.1. The molecule has 0 aliphatic heterocycles. The van der Waals surface area contributed by atoms with Gasteiger partial charge in [0.15, 0.2) is 5.82 Å². The monoisotopic (exact) mass is 268 g/mol. The van der Waals surface area contributed by atoms with Gasteiger partial charge < -0.3 is 21.1 Å². The maximum Gasteiger partial charge on any atom is 0.303 e. The highest BCUT2D eigenvalue weighted by atomic mass is 16.4. The Morgan fingerprint density at radius 2 is 2.26 bits per heavy atom. The van der Waals surface area contributed by atoms with E-state index in [4.69, 9.17) is 10.8 Å². The van der Waals surface area contributed by atoms with E-state index in [-0.39, 0.29) is 18.0 Å². The van der Waals surface area contributed by atoms with Crippen molar-refractivity contribution >= 4 is 17.5 Å². The van der Waals surface area contributed by atoms with Crippen LogP contribution in [0.4, 0.5) is 11.5 Å². The van der Waals surface area contributed by atoms with Gasteiger partial charge in [0.25, 0.3) is 5.56 Å². The van der Waals surface area contributed by atoms with Gasteiger partial charge in [-0.05, 0) is 18.3 Å². The zero-order chi connectivity index (χ0) is 14.4. The number of nitrogens with zero attached hydrogens (tertiary/aromatic N) is 1. The number of nitrogens with two attached hydrogens (primary N) is 1. The molecule has 0 aliphatic carbocycles. The van der Waals surface area contributed by atoms with Crippen molar-refractivity contribution in [1.82, 2.24) is 9.97 Å². The number of nitrogens with one attached hydrogen (secondary N) is 2. The zero-order valence-corrected chi connectivity index (χ0v) is 11.1. The molecule has 7 nitrogen and oxygen atoms in total. The lowest BCUT2D eigenvalue weighted by Crippen LogP contribution is -2.22. The van der Waals surface area contributed by atoms with E-state index in [1.54, 1.807) is 0 Å². The number of carbonyl (C=O) groups is 1. The first-order valence-electron chi connectivity index (χ1n) is 6.19. The summed E-state index contributed by atoms with van der Waals surface area (Å²) in [5, 5.41) is 11.8. The Bertz CT molecular complexity index is 484. The Morgan fingerprint density at radius 1 is 1.58 bits per heavy atom. The Hall–Kier alpha value is -2.05. The topological polar surface area (TPSA) is 121 Å². The van der Waals surface area contributed by atoms with Gasteiger partial charge in [0, 0.05) is 13.0 Å². The summed E-state index contributed by atoms with van der Waals surface area (Å²) in [4.78, 5) is 28.4. The Kier molecular flexibility index (Phi) is 5.35. The molecule has 106 valence electrons. The third-order valence-corrected chi connectivity index (χ3v) is 2.72. The van der Waals surface area contributed by atoms with Crippen LogP contribution in [-0.4, -0.2) is 27.6 Å². The Morgan fingerprint density at radius 3 is 2.84 bits per heavy atom. The molecule has 0 bridgehead atoms. The summed E-state index contributed by atoms with van der Waals surface area (Å²) in [7, 11) is 0. The average Bonchev–Trinajstić information content (AvgIpc) is 2.29. The van der Waals surface area contributed by atoms with E-state index in [1.807, 2.05) is 13.8 Å². The third-order valence-electron chi connectivity index (χ3n) is 2.72. The van der Waals surface area contributed by atoms with Crippen LogP contribution in [0, 0.1) is 11.8 Å². The number of aliphatic carboxylic acids is 1. The quantitative estimate of drug-likeness (QED) is 0.583. The van der Waals surface area contributed by atoms with Crippen molar-refractivity contribution < 1.29 is 9.90 Å². The van der Waals surface area contributed by atoms with Crippen LogP contribution in [-0.2, 0) is 4.79 Å². The SMILES string of the molecule is CC(C)CC(CNc1nc[nH]c(=O)c1N)CC(=O)O. The van der Waals surface area contributed by atoms with E-state index in [0.717, 1.165) is 6.42 Å². The summed E-state index contributed by atoms with van der Waals surface area (Å²) in [5.74, 6) is -0.171.